The first-order valence-corrected chi connectivity index (χ1v) is 15.0. The Morgan fingerprint density at radius 3 is 1.44 bits per heavy atom. The molecule has 0 bridgehead atoms. The summed E-state index contributed by atoms with van der Waals surface area (Å²) in [6, 6.07) is 13.3. The maximum atomic E-state index is 12.1. The summed E-state index contributed by atoms with van der Waals surface area (Å²) in [5.41, 5.74) is 7.29. The van der Waals surface area contributed by atoms with Gasteiger partial charge < -0.3 is 5.11 Å². The van der Waals surface area contributed by atoms with Crippen LogP contribution in [0, 0.1) is 9.81 Å². The van der Waals surface area contributed by atoms with Gasteiger partial charge in [-0.05, 0) is 65.5 Å². The van der Waals surface area contributed by atoms with Gasteiger partial charge in [-0.1, -0.05) is 76.4 Å². The van der Waals surface area contributed by atoms with Gasteiger partial charge in [0, 0.05) is 36.1 Å². The Hall–Kier alpha value is -2.21. The summed E-state index contributed by atoms with van der Waals surface area (Å²) in [4.78, 5) is 29.0. The second kappa shape index (κ2) is 15.8. The highest BCUT2D eigenvalue weighted by Crippen LogP contribution is 2.48. The van der Waals surface area contributed by atoms with Crippen molar-refractivity contribution >= 4 is 7.44 Å². The fourth-order valence-corrected chi connectivity index (χ4v) is 5.44. The first kappa shape index (κ1) is 30.0. The number of nitroso groups, excluding NO2 is 2. The van der Waals surface area contributed by atoms with E-state index in [9.17, 15) is 19.5 Å². The highest BCUT2D eigenvalue weighted by molar-refractivity contribution is 7.60. The zero-order valence-corrected chi connectivity index (χ0v) is 23.0. The van der Waals surface area contributed by atoms with Crippen LogP contribution in [0.5, 0.6) is 0 Å². The van der Waals surface area contributed by atoms with Gasteiger partial charge in [-0.15, -0.1) is 9.81 Å². The van der Waals surface area contributed by atoms with E-state index in [-0.39, 0.29) is 12.8 Å². The summed E-state index contributed by atoms with van der Waals surface area (Å²) < 4.78 is 12.1. The third kappa shape index (κ3) is 10.0. The summed E-state index contributed by atoms with van der Waals surface area (Å²) >= 11 is 0. The zero-order valence-electron chi connectivity index (χ0n) is 22.1. The molecule has 1 N–H and O–H groups in total. The molecule has 0 aliphatic heterocycles. The van der Waals surface area contributed by atoms with E-state index in [1.165, 1.54) is 22.3 Å². The zero-order chi connectivity index (χ0) is 26.4. The predicted molar refractivity (Wildman–Crippen MR) is 148 cm³/mol. The number of nitrogens with zero attached hydrogens (tertiary/aromatic N) is 3. The highest BCUT2D eigenvalue weighted by Gasteiger charge is 2.24. The van der Waals surface area contributed by atoms with Crippen molar-refractivity contribution in [1.82, 2.24) is 4.90 Å². The van der Waals surface area contributed by atoms with Crippen molar-refractivity contribution in [1.29, 1.82) is 0 Å². The fraction of sp³-hybridized carbons (Fsp3) is 0.571. The van der Waals surface area contributed by atoms with Gasteiger partial charge in [-0.2, -0.15) is 0 Å². The molecule has 0 saturated heterocycles. The van der Waals surface area contributed by atoms with Crippen LogP contribution in [0.2, 0.25) is 0 Å². The van der Waals surface area contributed by atoms with Crippen LogP contribution in [0.15, 0.2) is 46.3 Å². The summed E-state index contributed by atoms with van der Waals surface area (Å²) in [7, 11) is -3.90. The molecule has 0 aliphatic carbocycles. The molecule has 0 amide bonds. The SMILES string of the molecule is CCCc1cc(CCC)cc(CN(CCCO)Cc2cc(CCC)cc(CCP(=O)(N=O)N=O)c2)c1. The topological polar surface area (TPSA) is 99.4 Å². The molecule has 2 aromatic rings. The van der Waals surface area contributed by atoms with E-state index >= 15 is 0 Å². The summed E-state index contributed by atoms with van der Waals surface area (Å²) in [5, 5.41) is 9.50. The molecule has 0 atom stereocenters. The Bertz CT molecular complexity index is 992. The predicted octanol–water partition coefficient (Wildman–Crippen LogP) is 7.20. The Morgan fingerprint density at radius 1 is 0.694 bits per heavy atom. The van der Waals surface area contributed by atoms with Gasteiger partial charge in [-0.25, -0.2) is 0 Å². The summed E-state index contributed by atoms with van der Waals surface area (Å²) in [5.74, 6) is 0. The minimum atomic E-state index is -3.90. The van der Waals surface area contributed by atoms with E-state index in [1.54, 1.807) is 0 Å². The molecular weight excluding hydrogens is 473 g/mol. The minimum Gasteiger partial charge on any atom is -0.396 e. The Balaban J connectivity index is 2.30. The monoisotopic (exact) mass is 515 g/mol. The number of aryl methyl sites for hydroxylation is 4. The number of aliphatic hydroxyl groups excluding tert-OH is 1. The Morgan fingerprint density at radius 2 is 1.08 bits per heavy atom. The molecule has 0 spiro atoms. The van der Waals surface area contributed by atoms with Crippen LogP contribution in [0.25, 0.3) is 0 Å². The molecule has 8 heteroatoms. The van der Waals surface area contributed by atoms with Crippen molar-refractivity contribution in [2.24, 2.45) is 9.89 Å². The summed E-state index contributed by atoms with van der Waals surface area (Å²) in [6.07, 6.45) is 7.13. The third-order valence-corrected chi connectivity index (χ3v) is 7.55. The Kier molecular flexibility index (Phi) is 13.2. The lowest BCUT2D eigenvalue weighted by atomic mass is 9.99. The van der Waals surface area contributed by atoms with Gasteiger partial charge in [0.15, 0.2) is 0 Å². The van der Waals surface area contributed by atoms with E-state index < -0.39 is 7.44 Å². The quantitative estimate of drug-likeness (QED) is 0.167. The molecule has 0 saturated carbocycles. The summed E-state index contributed by atoms with van der Waals surface area (Å²) in [6.45, 7) is 8.94. The van der Waals surface area contributed by atoms with Gasteiger partial charge in [0.1, 0.15) is 0 Å². The second-order valence-electron chi connectivity index (χ2n) is 9.65. The molecule has 0 fully saturated rings. The molecule has 0 aliphatic rings. The van der Waals surface area contributed by atoms with Gasteiger partial charge in [0.05, 0.1) is 6.16 Å². The average Bonchev–Trinajstić information content (AvgIpc) is 2.86. The van der Waals surface area contributed by atoms with Crippen LogP contribution in [0.4, 0.5) is 0 Å². The highest BCUT2D eigenvalue weighted by atomic mass is 31.2. The van der Waals surface area contributed by atoms with E-state index in [0.717, 1.165) is 62.7 Å². The minimum absolute atomic E-state index is 0.140. The van der Waals surface area contributed by atoms with E-state index in [1.807, 2.05) is 0 Å². The van der Waals surface area contributed by atoms with E-state index in [4.69, 9.17) is 0 Å². The van der Waals surface area contributed by atoms with Crippen LogP contribution in [0.1, 0.15) is 79.8 Å². The second-order valence-corrected chi connectivity index (χ2v) is 11.8. The van der Waals surface area contributed by atoms with Gasteiger partial charge in [-0.3, -0.25) is 9.46 Å². The lowest BCUT2D eigenvalue weighted by Gasteiger charge is -2.24. The van der Waals surface area contributed by atoms with Crippen LogP contribution in [-0.4, -0.2) is 29.3 Å². The molecule has 0 heterocycles. The van der Waals surface area contributed by atoms with Crippen LogP contribution < -0.4 is 0 Å². The van der Waals surface area contributed by atoms with Gasteiger partial charge in [0.25, 0.3) is 0 Å². The molecule has 2 rings (SSSR count). The molecule has 198 valence electrons. The third-order valence-electron chi connectivity index (χ3n) is 6.23. The lowest BCUT2D eigenvalue weighted by molar-refractivity contribution is 0.212. The van der Waals surface area contributed by atoms with Crippen molar-refractivity contribution in [3.63, 3.8) is 0 Å². The number of aliphatic hydroxyl groups is 1. The number of rotatable bonds is 18. The van der Waals surface area contributed by atoms with Crippen LogP contribution in [-0.2, 0) is 43.3 Å². The first-order valence-electron chi connectivity index (χ1n) is 13.2. The first-order chi connectivity index (χ1) is 17.4. The smallest absolute Gasteiger partial charge is 0.374 e. The number of hydrogen-bond acceptors (Lipinski definition) is 5. The van der Waals surface area contributed by atoms with Crippen molar-refractivity contribution < 1.29 is 9.67 Å². The molecule has 7 nitrogen and oxygen atoms in total. The van der Waals surface area contributed by atoms with E-state index in [0.29, 0.717) is 19.4 Å². The lowest BCUT2D eigenvalue weighted by Crippen LogP contribution is -2.25. The molecule has 2 aromatic carbocycles. The molecular formula is C28H42N3O4P. The molecule has 0 radical (unpaired) electrons. The Labute approximate surface area is 216 Å². The van der Waals surface area contributed by atoms with Crippen molar-refractivity contribution in [3.05, 3.63) is 79.6 Å². The maximum Gasteiger partial charge on any atom is 0.374 e. The molecule has 0 unspecified atom stereocenters. The normalized spacial score (nSPS) is 11.7. The largest absolute Gasteiger partial charge is 0.396 e. The standard InChI is InChI=1S/C28H42N3O4P/c1-4-8-23-15-24(9-5-2)18-27(17-23)21-31(12-7-13-32)22-28-19-25(10-6-3)16-26(20-28)11-14-36(35,29-33)30-34/h15-20,32H,4-14,21-22H2,1-3H3. The van der Waals surface area contributed by atoms with Crippen LogP contribution >= 0.6 is 7.44 Å². The van der Waals surface area contributed by atoms with Crippen molar-refractivity contribution in [3.8, 4) is 0 Å². The van der Waals surface area contributed by atoms with Crippen molar-refractivity contribution in [2.75, 3.05) is 19.3 Å². The van der Waals surface area contributed by atoms with Crippen LogP contribution in [0.3, 0.4) is 0 Å². The molecule has 36 heavy (non-hydrogen) atoms. The molecule has 0 aromatic heterocycles. The van der Waals surface area contributed by atoms with E-state index in [2.05, 4.69) is 72.0 Å². The number of hydrogen-bond donors (Lipinski definition) is 1. The van der Waals surface area contributed by atoms with Gasteiger partial charge >= 0.3 is 7.44 Å². The van der Waals surface area contributed by atoms with Crippen molar-refractivity contribution in [2.45, 2.75) is 85.2 Å². The van der Waals surface area contributed by atoms with Gasteiger partial charge in [0.2, 0.25) is 0 Å². The number of benzene rings is 2. The average molecular weight is 516 g/mol. The fourth-order valence-electron chi connectivity index (χ4n) is 4.70. The maximum absolute atomic E-state index is 12.1.